The van der Waals surface area contributed by atoms with Crippen molar-refractivity contribution in [3.8, 4) is 0 Å². The second kappa shape index (κ2) is 8.08. The third-order valence-corrected chi connectivity index (χ3v) is 4.60. The molecule has 0 aliphatic carbocycles. The third kappa shape index (κ3) is 5.29. The average Bonchev–Trinajstić information content (AvgIpc) is 3.12. The summed E-state index contributed by atoms with van der Waals surface area (Å²) in [6.07, 6.45) is -3.48. The van der Waals surface area contributed by atoms with Crippen LogP contribution in [-0.2, 0) is 17.5 Å². The zero-order chi connectivity index (χ0) is 19.4. The van der Waals surface area contributed by atoms with Gasteiger partial charge in [0, 0.05) is 12.5 Å². The van der Waals surface area contributed by atoms with Crippen LogP contribution in [0.4, 0.5) is 13.2 Å². The number of hydrogen-bond donors (Lipinski definition) is 1. The van der Waals surface area contributed by atoms with E-state index in [0.717, 1.165) is 11.1 Å². The molecule has 1 aromatic carbocycles. The van der Waals surface area contributed by atoms with Crippen LogP contribution in [-0.4, -0.2) is 40.6 Å². The van der Waals surface area contributed by atoms with Gasteiger partial charge in [0.2, 0.25) is 11.8 Å². The maximum atomic E-state index is 12.5. The topological polar surface area (TPSA) is 71.3 Å². The predicted molar refractivity (Wildman–Crippen MR) is 90.7 cm³/mol. The number of benzene rings is 1. The van der Waals surface area contributed by atoms with Crippen LogP contribution in [0.5, 0.6) is 0 Å². The number of aryl methyl sites for hydroxylation is 1. The number of carbonyl (C=O) groups is 1. The maximum Gasteiger partial charge on any atom is 0.470 e. The first-order valence-corrected chi connectivity index (χ1v) is 8.76. The number of amides is 1. The Morgan fingerprint density at radius 3 is 2.48 bits per heavy atom. The van der Waals surface area contributed by atoms with Crippen molar-refractivity contribution >= 4 is 5.91 Å². The van der Waals surface area contributed by atoms with E-state index in [1.807, 2.05) is 36.1 Å². The predicted octanol–water partition coefficient (Wildman–Crippen LogP) is 2.89. The smallest absolute Gasteiger partial charge is 0.417 e. The molecule has 2 aromatic rings. The number of nitrogens with zero attached hydrogens (tertiary/aromatic N) is 3. The van der Waals surface area contributed by atoms with E-state index in [1.54, 1.807) is 0 Å². The average molecular weight is 382 g/mol. The van der Waals surface area contributed by atoms with Crippen LogP contribution in [0, 0.1) is 6.92 Å². The molecule has 146 valence electrons. The van der Waals surface area contributed by atoms with Gasteiger partial charge in [-0.05, 0) is 38.4 Å². The fraction of sp³-hybridized carbons (Fsp3) is 0.500. The molecule has 27 heavy (non-hydrogen) atoms. The summed E-state index contributed by atoms with van der Waals surface area (Å²) in [5.74, 6) is -1.58. The van der Waals surface area contributed by atoms with Crippen LogP contribution >= 0.6 is 0 Å². The Balaban J connectivity index is 1.43. The SMILES string of the molecule is Cc1ccc(CNC(=O)CN2CCC(c3nnc(C(F)(F)F)o3)CC2)cc1. The van der Waals surface area contributed by atoms with Gasteiger partial charge in [0.1, 0.15) is 0 Å². The van der Waals surface area contributed by atoms with E-state index in [9.17, 15) is 18.0 Å². The van der Waals surface area contributed by atoms with Crippen LogP contribution in [0.2, 0.25) is 0 Å². The number of hydrogen-bond acceptors (Lipinski definition) is 5. The fourth-order valence-electron chi connectivity index (χ4n) is 3.02. The van der Waals surface area contributed by atoms with Crippen molar-refractivity contribution in [1.82, 2.24) is 20.4 Å². The molecular weight excluding hydrogens is 361 g/mol. The fourth-order valence-corrected chi connectivity index (χ4v) is 3.02. The summed E-state index contributed by atoms with van der Waals surface area (Å²) >= 11 is 0. The van der Waals surface area contributed by atoms with Crippen molar-refractivity contribution in [2.75, 3.05) is 19.6 Å². The van der Waals surface area contributed by atoms with Gasteiger partial charge in [-0.1, -0.05) is 29.8 Å². The molecule has 0 atom stereocenters. The Morgan fingerprint density at radius 1 is 1.22 bits per heavy atom. The molecule has 0 unspecified atom stereocenters. The van der Waals surface area contributed by atoms with Crippen molar-refractivity contribution in [1.29, 1.82) is 0 Å². The van der Waals surface area contributed by atoms with Crippen molar-refractivity contribution in [3.63, 3.8) is 0 Å². The van der Waals surface area contributed by atoms with E-state index in [-0.39, 0.29) is 24.3 Å². The van der Waals surface area contributed by atoms with E-state index < -0.39 is 12.1 Å². The molecular formula is C18H21F3N4O2. The van der Waals surface area contributed by atoms with Crippen LogP contribution in [0.25, 0.3) is 0 Å². The van der Waals surface area contributed by atoms with E-state index in [0.29, 0.717) is 32.5 Å². The second-order valence-electron chi connectivity index (χ2n) is 6.76. The molecule has 2 heterocycles. The third-order valence-electron chi connectivity index (χ3n) is 4.60. The highest BCUT2D eigenvalue weighted by molar-refractivity contribution is 5.78. The molecule has 0 spiro atoms. The lowest BCUT2D eigenvalue weighted by Gasteiger charge is -2.29. The first kappa shape index (κ1) is 19.3. The number of aromatic nitrogens is 2. The summed E-state index contributed by atoms with van der Waals surface area (Å²) in [6, 6.07) is 7.93. The number of carbonyl (C=O) groups excluding carboxylic acids is 1. The number of alkyl halides is 3. The van der Waals surface area contributed by atoms with E-state index in [4.69, 9.17) is 4.42 Å². The summed E-state index contributed by atoms with van der Waals surface area (Å²) in [5.41, 5.74) is 2.20. The summed E-state index contributed by atoms with van der Waals surface area (Å²) < 4.78 is 42.4. The van der Waals surface area contributed by atoms with Gasteiger partial charge in [0.05, 0.1) is 6.54 Å². The highest BCUT2D eigenvalue weighted by atomic mass is 19.4. The quantitative estimate of drug-likeness (QED) is 0.861. The Kier molecular flexibility index (Phi) is 5.79. The van der Waals surface area contributed by atoms with Gasteiger partial charge in [-0.3, -0.25) is 9.69 Å². The van der Waals surface area contributed by atoms with Crippen molar-refractivity contribution in [3.05, 3.63) is 47.2 Å². The highest BCUT2D eigenvalue weighted by Crippen LogP contribution is 2.32. The molecule has 3 rings (SSSR count). The highest BCUT2D eigenvalue weighted by Gasteiger charge is 2.39. The lowest BCUT2D eigenvalue weighted by atomic mass is 9.97. The largest absolute Gasteiger partial charge is 0.470 e. The monoisotopic (exact) mass is 382 g/mol. The van der Waals surface area contributed by atoms with E-state index in [1.165, 1.54) is 0 Å². The molecule has 1 aromatic heterocycles. The van der Waals surface area contributed by atoms with Gasteiger partial charge in [0.25, 0.3) is 0 Å². The van der Waals surface area contributed by atoms with E-state index >= 15 is 0 Å². The zero-order valence-corrected chi connectivity index (χ0v) is 14.9. The molecule has 9 heteroatoms. The standard InChI is InChI=1S/C18H21F3N4O2/c1-12-2-4-13(5-3-12)10-22-15(26)11-25-8-6-14(7-9-25)16-23-24-17(27-16)18(19,20)21/h2-5,14H,6-11H2,1H3,(H,22,26). The number of likely N-dealkylation sites (tertiary alicyclic amines) is 1. The first-order chi connectivity index (χ1) is 12.8. The minimum absolute atomic E-state index is 0.0193. The van der Waals surface area contributed by atoms with Crippen LogP contribution < -0.4 is 5.32 Å². The molecule has 6 nitrogen and oxygen atoms in total. The van der Waals surface area contributed by atoms with Crippen LogP contribution in [0.3, 0.4) is 0 Å². The van der Waals surface area contributed by atoms with Gasteiger partial charge in [0.15, 0.2) is 0 Å². The van der Waals surface area contributed by atoms with E-state index in [2.05, 4.69) is 15.5 Å². The summed E-state index contributed by atoms with van der Waals surface area (Å²) in [4.78, 5) is 14.1. The van der Waals surface area contributed by atoms with Gasteiger partial charge in [-0.15, -0.1) is 10.2 Å². The maximum absolute atomic E-state index is 12.5. The van der Waals surface area contributed by atoms with Crippen molar-refractivity contribution in [2.24, 2.45) is 0 Å². The molecule has 0 saturated carbocycles. The number of halogens is 3. The van der Waals surface area contributed by atoms with Gasteiger partial charge < -0.3 is 9.73 Å². The molecule has 1 aliphatic rings. The van der Waals surface area contributed by atoms with Gasteiger partial charge in [-0.2, -0.15) is 13.2 Å². The van der Waals surface area contributed by atoms with Crippen molar-refractivity contribution in [2.45, 2.75) is 38.4 Å². The zero-order valence-electron chi connectivity index (χ0n) is 14.9. The number of nitrogens with one attached hydrogen (secondary N) is 1. The normalized spacial score (nSPS) is 16.4. The summed E-state index contributed by atoms with van der Waals surface area (Å²) in [6.45, 7) is 3.91. The van der Waals surface area contributed by atoms with Crippen LogP contribution in [0.15, 0.2) is 28.7 Å². The Morgan fingerprint density at radius 2 is 1.89 bits per heavy atom. The molecule has 1 aliphatic heterocycles. The van der Waals surface area contributed by atoms with Crippen LogP contribution in [0.1, 0.15) is 41.7 Å². The Labute approximate surface area is 154 Å². The molecule has 0 radical (unpaired) electrons. The first-order valence-electron chi connectivity index (χ1n) is 8.76. The minimum Gasteiger partial charge on any atom is -0.417 e. The Hall–Kier alpha value is -2.42. The molecule has 1 fully saturated rings. The molecule has 0 bridgehead atoms. The Bertz CT molecular complexity index is 766. The van der Waals surface area contributed by atoms with Gasteiger partial charge in [-0.25, -0.2) is 0 Å². The second-order valence-corrected chi connectivity index (χ2v) is 6.76. The molecule has 1 N–H and O–H groups in total. The lowest BCUT2D eigenvalue weighted by Crippen LogP contribution is -2.41. The molecule has 1 saturated heterocycles. The van der Waals surface area contributed by atoms with Crippen molar-refractivity contribution < 1.29 is 22.4 Å². The summed E-state index contributed by atoms with van der Waals surface area (Å²) in [7, 11) is 0. The number of piperidine rings is 1. The van der Waals surface area contributed by atoms with Gasteiger partial charge >= 0.3 is 12.1 Å². The molecule has 1 amide bonds. The summed E-state index contributed by atoms with van der Waals surface area (Å²) in [5, 5.41) is 9.48. The lowest BCUT2D eigenvalue weighted by molar-refractivity contribution is -0.157. The minimum atomic E-state index is -4.62. The number of rotatable bonds is 5.